The highest BCUT2D eigenvalue weighted by Gasteiger charge is 2.14. The number of carbonyl (C=O) groups is 2. The highest BCUT2D eigenvalue weighted by atomic mass is 35.5. The van der Waals surface area contributed by atoms with Crippen molar-refractivity contribution in [2.24, 2.45) is 5.92 Å². The second-order valence-corrected chi connectivity index (χ2v) is 6.58. The van der Waals surface area contributed by atoms with Gasteiger partial charge in [-0.25, -0.2) is 4.79 Å². The Labute approximate surface area is 157 Å². The summed E-state index contributed by atoms with van der Waals surface area (Å²) in [5.74, 6) is -0.492. The number of halogens is 1. The van der Waals surface area contributed by atoms with Crippen LogP contribution >= 0.6 is 11.6 Å². The Balaban J connectivity index is 2.17. The third-order valence-corrected chi connectivity index (χ3v) is 4.04. The van der Waals surface area contributed by atoms with Crippen LogP contribution in [0.25, 0.3) is 6.08 Å². The average molecular weight is 376 g/mol. The van der Waals surface area contributed by atoms with E-state index in [2.05, 4.69) is 24.3 Å². The summed E-state index contributed by atoms with van der Waals surface area (Å²) in [5, 5.41) is 7.57. The molecule has 0 aliphatic carbocycles. The SMILES string of the molecule is COC(=O)c1ccccc1NC(=O)/C=C/c1c(C)nn(CC(C)C)c1Cl. The van der Waals surface area contributed by atoms with Crippen LogP contribution in [-0.2, 0) is 16.1 Å². The normalized spacial score (nSPS) is 11.2. The first-order valence-electron chi connectivity index (χ1n) is 8.22. The molecule has 0 fully saturated rings. The highest BCUT2D eigenvalue weighted by Crippen LogP contribution is 2.22. The van der Waals surface area contributed by atoms with Crippen molar-refractivity contribution in [2.45, 2.75) is 27.3 Å². The van der Waals surface area contributed by atoms with Crippen molar-refractivity contribution in [3.8, 4) is 0 Å². The first-order valence-corrected chi connectivity index (χ1v) is 8.60. The maximum atomic E-state index is 12.2. The Kier molecular flexibility index (Phi) is 6.58. The van der Waals surface area contributed by atoms with Crippen LogP contribution in [0.4, 0.5) is 5.69 Å². The van der Waals surface area contributed by atoms with Gasteiger partial charge >= 0.3 is 5.97 Å². The summed E-state index contributed by atoms with van der Waals surface area (Å²) in [4.78, 5) is 24.0. The number of esters is 1. The first-order chi connectivity index (χ1) is 12.3. The van der Waals surface area contributed by atoms with Gasteiger partial charge in [0.25, 0.3) is 0 Å². The number of hydrogen-bond acceptors (Lipinski definition) is 4. The van der Waals surface area contributed by atoms with Gasteiger partial charge in [0.05, 0.1) is 24.1 Å². The number of aryl methyl sites for hydroxylation is 1. The smallest absolute Gasteiger partial charge is 0.339 e. The molecule has 0 radical (unpaired) electrons. The van der Waals surface area contributed by atoms with Crippen molar-refractivity contribution >= 4 is 35.2 Å². The van der Waals surface area contributed by atoms with Crippen LogP contribution in [0.2, 0.25) is 5.15 Å². The lowest BCUT2D eigenvalue weighted by Crippen LogP contribution is -2.12. The zero-order valence-electron chi connectivity index (χ0n) is 15.2. The topological polar surface area (TPSA) is 73.2 Å². The molecular weight excluding hydrogens is 354 g/mol. The molecule has 26 heavy (non-hydrogen) atoms. The van der Waals surface area contributed by atoms with E-state index in [1.54, 1.807) is 35.0 Å². The van der Waals surface area contributed by atoms with Gasteiger partial charge in [-0.1, -0.05) is 37.6 Å². The predicted octanol–water partition coefficient (Wildman–Crippen LogP) is 3.94. The van der Waals surface area contributed by atoms with E-state index in [-0.39, 0.29) is 11.5 Å². The number of nitrogens with zero attached hydrogens (tertiary/aromatic N) is 2. The Bertz CT molecular complexity index is 841. The largest absolute Gasteiger partial charge is 0.465 e. The standard InChI is InChI=1S/C19H22ClN3O3/c1-12(2)11-23-18(20)14(13(3)22-23)9-10-17(24)21-16-8-6-5-7-15(16)19(25)26-4/h5-10,12H,11H2,1-4H3,(H,21,24)/b10-9+. The van der Waals surface area contributed by atoms with Crippen molar-refractivity contribution in [1.82, 2.24) is 9.78 Å². The molecule has 0 aliphatic heterocycles. The number of anilines is 1. The summed E-state index contributed by atoms with van der Waals surface area (Å²) in [6, 6.07) is 6.64. The molecule has 138 valence electrons. The number of ether oxygens (including phenoxy) is 1. The van der Waals surface area contributed by atoms with E-state index in [0.717, 1.165) is 5.69 Å². The number of carbonyl (C=O) groups excluding carboxylic acids is 2. The molecular formula is C19H22ClN3O3. The summed E-state index contributed by atoms with van der Waals surface area (Å²) < 4.78 is 6.44. The van der Waals surface area contributed by atoms with Crippen LogP contribution in [0, 0.1) is 12.8 Å². The van der Waals surface area contributed by atoms with Gasteiger partial charge in [0.15, 0.2) is 0 Å². The van der Waals surface area contributed by atoms with Crippen LogP contribution in [0.1, 0.15) is 35.5 Å². The lowest BCUT2D eigenvalue weighted by Gasteiger charge is -2.07. The Morgan fingerprint density at radius 3 is 2.69 bits per heavy atom. The molecule has 0 unspecified atom stereocenters. The molecule has 7 heteroatoms. The predicted molar refractivity (Wildman–Crippen MR) is 102 cm³/mol. The molecule has 1 heterocycles. The van der Waals surface area contributed by atoms with E-state index in [0.29, 0.717) is 28.9 Å². The van der Waals surface area contributed by atoms with Gasteiger partial charge < -0.3 is 10.1 Å². The van der Waals surface area contributed by atoms with Crippen LogP contribution in [0.15, 0.2) is 30.3 Å². The second kappa shape index (κ2) is 8.67. The zero-order valence-corrected chi connectivity index (χ0v) is 16.0. The van der Waals surface area contributed by atoms with Gasteiger partial charge in [-0.2, -0.15) is 5.10 Å². The number of nitrogens with one attached hydrogen (secondary N) is 1. The van der Waals surface area contributed by atoms with E-state index >= 15 is 0 Å². The minimum atomic E-state index is -0.515. The molecule has 0 aliphatic rings. The van der Waals surface area contributed by atoms with Crippen molar-refractivity contribution in [2.75, 3.05) is 12.4 Å². The number of para-hydroxylation sites is 1. The van der Waals surface area contributed by atoms with Gasteiger partial charge in [-0.15, -0.1) is 0 Å². The van der Waals surface area contributed by atoms with E-state index in [1.165, 1.54) is 13.2 Å². The fourth-order valence-corrected chi connectivity index (χ4v) is 2.74. The fraction of sp³-hybridized carbons (Fsp3) is 0.316. The van der Waals surface area contributed by atoms with E-state index in [4.69, 9.17) is 16.3 Å². The van der Waals surface area contributed by atoms with Crippen molar-refractivity contribution in [1.29, 1.82) is 0 Å². The number of aromatic nitrogens is 2. The lowest BCUT2D eigenvalue weighted by molar-refractivity contribution is -0.111. The molecule has 0 saturated heterocycles. The van der Waals surface area contributed by atoms with Crippen molar-refractivity contribution in [3.05, 3.63) is 52.3 Å². The van der Waals surface area contributed by atoms with Gasteiger partial charge in [-0.3, -0.25) is 9.48 Å². The van der Waals surface area contributed by atoms with E-state index in [1.807, 2.05) is 6.92 Å². The van der Waals surface area contributed by atoms with Crippen molar-refractivity contribution in [3.63, 3.8) is 0 Å². The number of hydrogen-bond donors (Lipinski definition) is 1. The van der Waals surface area contributed by atoms with Gasteiger partial charge in [0, 0.05) is 18.2 Å². The zero-order chi connectivity index (χ0) is 19.3. The number of methoxy groups -OCH3 is 1. The monoisotopic (exact) mass is 375 g/mol. The molecule has 1 amide bonds. The fourth-order valence-electron chi connectivity index (χ4n) is 2.44. The maximum absolute atomic E-state index is 12.2. The Morgan fingerprint density at radius 2 is 2.04 bits per heavy atom. The summed E-state index contributed by atoms with van der Waals surface area (Å²) in [6.45, 7) is 6.70. The average Bonchev–Trinajstić information content (AvgIpc) is 2.85. The lowest BCUT2D eigenvalue weighted by atomic mass is 10.1. The van der Waals surface area contributed by atoms with Gasteiger partial charge in [0.2, 0.25) is 5.91 Å². The van der Waals surface area contributed by atoms with E-state index < -0.39 is 5.97 Å². The van der Waals surface area contributed by atoms with Crippen LogP contribution in [-0.4, -0.2) is 28.8 Å². The molecule has 0 atom stereocenters. The molecule has 1 aromatic heterocycles. The summed E-state index contributed by atoms with van der Waals surface area (Å²) in [6.07, 6.45) is 2.99. The molecule has 2 aromatic rings. The van der Waals surface area contributed by atoms with Gasteiger partial charge in [0.1, 0.15) is 5.15 Å². The second-order valence-electron chi connectivity index (χ2n) is 6.23. The van der Waals surface area contributed by atoms with Crippen LogP contribution in [0.3, 0.4) is 0 Å². The van der Waals surface area contributed by atoms with Gasteiger partial charge in [-0.05, 0) is 31.1 Å². The molecule has 0 saturated carbocycles. The maximum Gasteiger partial charge on any atom is 0.339 e. The molecule has 0 bridgehead atoms. The Morgan fingerprint density at radius 1 is 1.35 bits per heavy atom. The number of benzene rings is 1. The minimum Gasteiger partial charge on any atom is -0.465 e. The highest BCUT2D eigenvalue weighted by molar-refractivity contribution is 6.31. The van der Waals surface area contributed by atoms with Crippen LogP contribution in [0.5, 0.6) is 0 Å². The van der Waals surface area contributed by atoms with Crippen molar-refractivity contribution < 1.29 is 14.3 Å². The summed E-state index contributed by atoms with van der Waals surface area (Å²) in [5.41, 5.74) is 2.11. The Hall–Kier alpha value is -2.60. The third kappa shape index (κ3) is 4.73. The molecule has 1 aromatic carbocycles. The van der Waals surface area contributed by atoms with Crippen LogP contribution < -0.4 is 5.32 Å². The minimum absolute atomic E-state index is 0.288. The number of amides is 1. The quantitative estimate of drug-likeness (QED) is 0.613. The third-order valence-electron chi connectivity index (χ3n) is 3.64. The van der Waals surface area contributed by atoms with E-state index in [9.17, 15) is 9.59 Å². The molecule has 0 spiro atoms. The summed E-state index contributed by atoms with van der Waals surface area (Å²) in [7, 11) is 1.29. The molecule has 1 N–H and O–H groups in total. The molecule has 2 rings (SSSR count). The first kappa shape index (κ1) is 19.7. The molecule has 6 nitrogen and oxygen atoms in total. The summed E-state index contributed by atoms with van der Waals surface area (Å²) >= 11 is 6.36. The number of rotatable bonds is 6.